The summed E-state index contributed by atoms with van der Waals surface area (Å²) in [5, 5.41) is 1.49. The Kier molecular flexibility index (Phi) is 5.71. The second kappa shape index (κ2) is 8.01. The van der Waals surface area contributed by atoms with E-state index in [1.807, 2.05) is 6.92 Å². The summed E-state index contributed by atoms with van der Waals surface area (Å²) in [5.41, 5.74) is 0.489. The van der Waals surface area contributed by atoms with Gasteiger partial charge in [0.15, 0.2) is 0 Å². The molecule has 2 saturated heterocycles. The van der Waals surface area contributed by atoms with Crippen LogP contribution < -0.4 is 15.4 Å². The van der Waals surface area contributed by atoms with E-state index in [0.29, 0.717) is 41.6 Å². The quantitative estimate of drug-likeness (QED) is 0.724. The zero-order valence-electron chi connectivity index (χ0n) is 14.1. The first-order chi connectivity index (χ1) is 12.9. The van der Waals surface area contributed by atoms with E-state index in [1.54, 1.807) is 24.3 Å². The zero-order chi connectivity index (χ0) is 19.6. The number of anilines is 1. The normalized spacial score (nSPS) is 22.2. The number of thioether (sulfide) groups is 2. The Morgan fingerprint density at radius 2 is 1.85 bits per heavy atom. The molecule has 5 amide bonds. The highest BCUT2D eigenvalue weighted by molar-refractivity contribution is 8.19. The maximum Gasteiger partial charge on any atom is 0.289 e. The van der Waals surface area contributed by atoms with Gasteiger partial charge in [-0.1, -0.05) is 0 Å². The predicted molar refractivity (Wildman–Crippen MR) is 99.6 cm³/mol. The number of hydrogen-bond donors (Lipinski definition) is 2. The fraction of sp³-hybridized carbons (Fsp3) is 0.312. The molecule has 2 aliphatic rings. The molecule has 2 heterocycles. The van der Waals surface area contributed by atoms with Gasteiger partial charge in [-0.15, -0.1) is 0 Å². The molecule has 2 N–H and O–H groups in total. The zero-order valence-corrected chi connectivity index (χ0v) is 15.7. The van der Waals surface area contributed by atoms with Gasteiger partial charge in [-0.25, -0.2) is 0 Å². The van der Waals surface area contributed by atoms with Gasteiger partial charge in [0.1, 0.15) is 22.8 Å². The van der Waals surface area contributed by atoms with Crippen LogP contribution in [-0.2, 0) is 14.4 Å². The van der Waals surface area contributed by atoms with Gasteiger partial charge in [0, 0.05) is 5.69 Å². The van der Waals surface area contributed by atoms with E-state index in [0.717, 1.165) is 4.90 Å². The highest BCUT2D eigenvalue weighted by atomic mass is 32.2. The third kappa shape index (κ3) is 4.25. The van der Waals surface area contributed by atoms with Gasteiger partial charge in [0.2, 0.25) is 17.7 Å². The van der Waals surface area contributed by atoms with Crippen LogP contribution in [0.2, 0.25) is 0 Å². The smallest absolute Gasteiger partial charge is 0.289 e. The fourth-order valence-electron chi connectivity index (χ4n) is 2.51. The van der Waals surface area contributed by atoms with Crippen molar-refractivity contribution in [2.75, 3.05) is 18.5 Å². The van der Waals surface area contributed by atoms with Gasteiger partial charge in [-0.3, -0.25) is 34.2 Å². The molecule has 0 radical (unpaired) electrons. The molecule has 1 aromatic rings. The van der Waals surface area contributed by atoms with E-state index in [4.69, 9.17) is 4.74 Å². The lowest BCUT2D eigenvalue weighted by Crippen LogP contribution is -2.42. The van der Waals surface area contributed by atoms with Crippen LogP contribution in [-0.4, -0.2) is 56.8 Å². The average Bonchev–Trinajstić information content (AvgIpc) is 3.09. The Labute approximate surface area is 162 Å². The first-order valence-electron chi connectivity index (χ1n) is 7.95. The van der Waals surface area contributed by atoms with Crippen LogP contribution >= 0.6 is 23.5 Å². The molecule has 3 rings (SSSR count). The topological polar surface area (TPSA) is 122 Å². The molecular formula is C16H15N3O6S2. The lowest BCUT2D eigenvalue weighted by atomic mass is 10.2. The van der Waals surface area contributed by atoms with Crippen molar-refractivity contribution in [1.29, 1.82) is 0 Å². The maximum absolute atomic E-state index is 12.4. The standard InChI is InChI=1S/C16H15N3O6S2/c1-2-25-9-5-3-8(4-6-9)17-10(20)7-19-14(22)12(27-16(19)24)11-13(21)18-15(23)26-11/h3-6,11-12H,2,7H2,1H3,(H,17,20)(H,18,21,23)/t11-,12+/m1/s1. The summed E-state index contributed by atoms with van der Waals surface area (Å²) in [6.45, 7) is 1.91. The number of hydrogen-bond acceptors (Lipinski definition) is 8. The van der Waals surface area contributed by atoms with Crippen molar-refractivity contribution in [1.82, 2.24) is 10.2 Å². The van der Waals surface area contributed by atoms with Crippen LogP contribution in [0.5, 0.6) is 5.75 Å². The fourth-order valence-corrected chi connectivity index (χ4v) is 4.62. The van der Waals surface area contributed by atoms with Crippen LogP contribution in [0.25, 0.3) is 0 Å². The van der Waals surface area contributed by atoms with E-state index < -0.39 is 45.2 Å². The van der Waals surface area contributed by atoms with Crippen LogP contribution in [0, 0.1) is 0 Å². The minimum Gasteiger partial charge on any atom is -0.494 e. The molecule has 2 atom stereocenters. The first-order valence-corrected chi connectivity index (χ1v) is 9.71. The number of nitrogens with zero attached hydrogens (tertiary/aromatic N) is 1. The first kappa shape index (κ1) is 19.2. The van der Waals surface area contributed by atoms with Crippen LogP contribution in [0.15, 0.2) is 24.3 Å². The lowest BCUT2D eigenvalue weighted by Gasteiger charge is -2.15. The van der Waals surface area contributed by atoms with Crippen LogP contribution in [0.4, 0.5) is 15.3 Å². The SMILES string of the molecule is CCOc1ccc(NC(=O)CN2C(=O)S[C@@H]([C@H]3SC(=O)NC3=O)C2=O)cc1. The summed E-state index contributed by atoms with van der Waals surface area (Å²) in [7, 11) is 0. The molecule has 0 unspecified atom stereocenters. The average molecular weight is 409 g/mol. The van der Waals surface area contributed by atoms with E-state index in [1.165, 1.54) is 0 Å². The number of amides is 5. The Balaban J connectivity index is 1.60. The molecule has 142 valence electrons. The van der Waals surface area contributed by atoms with E-state index in [9.17, 15) is 24.0 Å². The largest absolute Gasteiger partial charge is 0.494 e. The molecule has 2 fully saturated rings. The maximum atomic E-state index is 12.4. The Hall–Kier alpha value is -2.53. The van der Waals surface area contributed by atoms with E-state index in [2.05, 4.69) is 10.6 Å². The lowest BCUT2D eigenvalue weighted by molar-refractivity contribution is -0.131. The summed E-state index contributed by atoms with van der Waals surface area (Å²) < 4.78 is 5.31. The highest BCUT2D eigenvalue weighted by Gasteiger charge is 2.50. The second-order valence-corrected chi connectivity index (χ2v) is 7.76. The number of benzene rings is 1. The Bertz CT molecular complexity index is 813. The van der Waals surface area contributed by atoms with Gasteiger partial charge < -0.3 is 10.1 Å². The van der Waals surface area contributed by atoms with Gasteiger partial charge in [0.25, 0.3) is 10.5 Å². The number of imide groups is 2. The van der Waals surface area contributed by atoms with Crippen molar-refractivity contribution in [2.24, 2.45) is 0 Å². The molecule has 0 aromatic heterocycles. The van der Waals surface area contributed by atoms with Crippen LogP contribution in [0.1, 0.15) is 6.92 Å². The molecule has 1 aromatic carbocycles. The van der Waals surface area contributed by atoms with Crippen molar-refractivity contribution in [3.63, 3.8) is 0 Å². The van der Waals surface area contributed by atoms with Crippen molar-refractivity contribution in [2.45, 2.75) is 17.4 Å². The molecule has 0 saturated carbocycles. The third-order valence-corrected chi connectivity index (χ3v) is 6.08. The summed E-state index contributed by atoms with van der Waals surface area (Å²) >= 11 is 1.32. The van der Waals surface area contributed by atoms with Crippen molar-refractivity contribution >= 4 is 57.4 Å². The van der Waals surface area contributed by atoms with Gasteiger partial charge >= 0.3 is 0 Å². The molecule has 2 aliphatic heterocycles. The highest BCUT2D eigenvalue weighted by Crippen LogP contribution is 2.36. The van der Waals surface area contributed by atoms with E-state index in [-0.39, 0.29) is 0 Å². The Morgan fingerprint density at radius 3 is 2.44 bits per heavy atom. The van der Waals surface area contributed by atoms with Crippen molar-refractivity contribution < 1.29 is 28.7 Å². The number of carbonyl (C=O) groups is 5. The third-order valence-electron chi connectivity index (χ3n) is 3.70. The molecule has 0 aliphatic carbocycles. The monoisotopic (exact) mass is 409 g/mol. The summed E-state index contributed by atoms with van der Waals surface area (Å²) in [6.07, 6.45) is 0. The van der Waals surface area contributed by atoms with Gasteiger partial charge in [-0.2, -0.15) is 0 Å². The Morgan fingerprint density at radius 1 is 1.15 bits per heavy atom. The predicted octanol–water partition coefficient (Wildman–Crippen LogP) is 1.44. The van der Waals surface area contributed by atoms with Gasteiger partial charge in [0.05, 0.1) is 6.61 Å². The number of ether oxygens (including phenoxy) is 1. The number of carbonyl (C=O) groups excluding carboxylic acids is 5. The summed E-state index contributed by atoms with van der Waals surface area (Å²) in [5.74, 6) is -1.17. The van der Waals surface area contributed by atoms with E-state index >= 15 is 0 Å². The van der Waals surface area contributed by atoms with Gasteiger partial charge in [-0.05, 0) is 54.7 Å². The van der Waals surface area contributed by atoms with Crippen molar-refractivity contribution in [3.05, 3.63) is 24.3 Å². The summed E-state index contributed by atoms with van der Waals surface area (Å²) in [4.78, 5) is 60.5. The van der Waals surface area contributed by atoms with Crippen molar-refractivity contribution in [3.8, 4) is 5.75 Å². The molecule has 27 heavy (non-hydrogen) atoms. The van der Waals surface area contributed by atoms with Crippen LogP contribution in [0.3, 0.4) is 0 Å². The number of rotatable bonds is 6. The minimum atomic E-state index is -1.02. The minimum absolute atomic E-state index is 0.471. The molecule has 9 nitrogen and oxygen atoms in total. The summed E-state index contributed by atoms with van der Waals surface area (Å²) in [6, 6.07) is 6.65. The molecule has 0 bridgehead atoms. The molecular weight excluding hydrogens is 394 g/mol. The molecule has 0 spiro atoms. The number of nitrogens with one attached hydrogen (secondary N) is 2. The second-order valence-electron chi connectivity index (χ2n) is 5.55. The molecule has 11 heteroatoms.